The Morgan fingerprint density at radius 3 is 2.57 bits per heavy atom. The Balaban J connectivity index is 1.45. The Hall–Kier alpha value is -5.18. The highest BCUT2D eigenvalue weighted by Crippen LogP contribution is 2.42. The van der Waals surface area contributed by atoms with Crippen LogP contribution >= 0.6 is 11.8 Å². The van der Waals surface area contributed by atoms with Crippen molar-refractivity contribution in [3.63, 3.8) is 0 Å². The zero-order valence-corrected chi connectivity index (χ0v) is 28.0. The summed E-state index contributed by atoms with van der Waals surface area (Å²) in [6.07, 6.45) is 6.33. The normalized spacial score (nSPS) is 17.8. The number of nitrogens with zero attached hydrogens (tertiary/aromatic N) is 4. The van der Waals surface area contributed by atoms with Crippen LogP contribution in [0.5, 0.6) is 0 Å². The third-order valence-corrected chi connectivity index (χ3v) is 8.86. The third-order valence-electron chi connectivity index (χ3n) is 7.41. The number of hydrogen-bond acceptors (Lipinski definition) is 12. The molecule has 2 atom stereocenters. The Labute approximate surface area is 294 Å². The van der Waals surface area contributed by atoms with E-state index < -0.39 is 59.5 Å². The Morgan fingerprint density at radius 2 is 1.90 bits per heavy atom. The van der Waals surface area contributed by atoms with Crippen LogP contribution in [0.1, 0.15) is 42.9 Å². The van der Waals surface area contributed by atoms with Gasteiger partial charge < -0.3 is 28.8 Å². The van der Waals surface area contributed by atoms with E-state index >= 15 is 4.39 Å². The fourth-order valence-electron chi connectivity index (χ4n) is 4.90. The molecule has 2 aromatic carbocycles. The number of allylic oxidation sites excluding steroid dienone is 2. The van der Waals surface area contributed by atoms with Crippen molar-refractivity contribution >= 4 is 35.9 Å². The zero-order valence-electron chi connectivity index (χ0n) is 27.2. The third kappa shape index (κ3) is 11.4. The number of aliphatic carboxylic acids is 1. The largest absolute Gasteiger partial charge is 0.512 e. The molecule has 0 bridgehead atoms. The number of carboxylic acid groups (broad SMARTS) is 1. The average molecular weight is 731 g/mol. The molecule has 13 nitrogen and oxygen atoms in total. The van der Waals surface area contributed by atoms with Crippen molar-refractivity contribution in [3.8, 4) is 6.07 Å². The highest BCUT2D eigenvalue weighted by atomic mass is 32.2. The van der Waals surface area contributed by atoms with E-state index in [1.807, 2.05) is 6.07 Å². The van der Waals surface area contributed by atoms with E-state index in [-0.39, 0.29) is 55.4 Å². The molecule has 4 rings (SSSR count). The van der Waals surface area contributed by atoms with Gasteiger partial charge in [0, 0.05) is 35.3 Å². The molecular weight excluding hydrogens is 697 g/mol. The van der Waals surface area contributed by atoms with Crippen LogP contribution in [0.15, 0.2) is 67.3 Å². The number of nitriles is 1. The monoisotopic (exact) mass is 730 g/mol. The van der Waals surface area contributed by atoms with Gasteiger partial charge in [0.05, 0.1) is 36.6 Å². The summed E-state index contributed by atoms with van der Waals surface area (Å²) >= 11 is 1.23. The molecular formula is C34H33F3N4O9S. The second kappa shape index (κ2) is 18.7. The maximum atomic E-state index is 15.5. The number of thioether (sulfide) groups is 1. The lowest BCUT2D eigenvalue weighted by atomic mass is 9.89. The quantitative estimate of drug-likeness (QED) is 0.111. The van der Waals surface area contributed by atoms with Gasteiger partial charge in [-0.1, -0.05) is 24.3 Å². The van der Waals surface area contributed by atoms with Crippen LogP contribution < -0.4 is 0 Å². The number of carbonyl (C=O) groups excluding carboxylic acids is 2. The summed E-state index contributed by atoms with van der Waals surface area (Å²) in [5.41, 5.74) is -1.60. The van der Waals surface area contributed by atoms with Gasteiger partial charge in [0.2, 0.25) is 6.79 Å². The lowest BCUT2D eigenvalue weighted by molar-refractivity contribution is -0.155. The number of aromatic nitrogens is 3. The molecule has 0 spiro atoms. The molecule has 0 aliphatic carbocycles. The van der Waals surface area contributed by atoms with Gasteiger partial charge in [-0.25, -0.2) is 27.6 Å². The van der Waals surface area contributed by atoms with Gasteiger partial charge in [0.1, 0.15) is 30.1 Å². The van der Waals surface area contributed by atoms with Gasteiger partial charge in [0.25, 0.3) is 0 Å². The lowest BCUT2D eigenvalue weighted by Gasteiger charge is -2.40. The minimum atomic E-state index is -1.90. The molecule has 1 N–H and O–H groups in total. The molecule has 0 radical (unpaired) electrons. The molecule has 3 aromatic rings. The molecule has 270 valence electrons. The molecule has 2 heterocycles. The molecule has 17 heteroatoms. The van der Waals surface area contributed by atoms with Gasteiger partial charge in [-0.15, -0.1) is 11.8 Å². The van der Waals surface area contributed by atoms with Gasteiger partial charge >= 0.3 is 18.1 Å². The first-order valence-corrected chi connectivity index (χ1v) is 16.4. The maximum absolute atomic E-state index is 15.5. The summed E-state index contributed by atoms with van der Waals surface area (Å²) in [5.74, 6) is -4.32. The molecule has 51 heavy (non-hydrogen) atoms. The topological polar surface area (TPSA) is 172 Å². The standard InChI is InChI=1S/C34H33F3N4O9S/c1-22(51-26-16-46-32(47-17-26)8-3-2-5-24-10-9-23(15-38)13-28(24)36)34(18-41-20-39-19-40-41,27-12-11-25(35)14-29(27)37)50-33(45)49-21-48-31(44)7-4-6-30(42)43/h2-3,5,8-14,19-20,22,26,32H,4,6-7,16-18,21H2,1H3,(H,42,43). The van der Waals surface area contributed by atoms with Gasteiger partial charge in [-0.2, -0.15) is 10.4 Å². The average Bonchev–Trinajstić information content (AvgIpc) is 3.60. The molecule has 1 saturated heterocycles. The van der Waals surface area contributed by atoms with Crippen molar-refractivity contribution in [1.29, 1.82) is 5.26 Å². The van der Waals surface area contributed by atoms with Gasteiger partial charge in [-0.05, 0) is 43.7 Å². The van der Waals surface area contributed by atoms with Gasteiger partial charge in [0.15, 0.2) is 11.9 Å². The van der Waals surface area contributed by atoms with Crippen molar-refractivity contribution in [2.45, 2.75) is 55.1 Å². The van der Waals surface area contributed by atoms with Crippen LogP contribution in [0.4, 0.5) is 18.0 Å². The van der Waals surface area contributed by atoms with E-state index in [9.17, 15) is 23.2 Å². The first-order chi connectivity index (χ1) is 24.5. The highest BCUT2D eigenvalue weighted by molar-refractivity contribution is 8.00. The number of carboxylic acids is 1. The maximum Gasteiger partial charge on any atom is 0.512 e. The summed E-state index contributed by atoms with van der Waals surface area (Å²) in [6, 6.07) is 8.79. The summed E-state index contributed by atoms with van der Waals surface area (Å²) in [6.45, 7) is 0.810. The summed E-state index contributed by atoms with van der Waals surface area (Å²) in [7, 11) is 0. The molecule has 1 aliphatic heterocycles. The number of rotatable bonds is 16. The Bertz CT molecular complexity index is 1760. The molecule has 2 unspecified atom stereocenters. The van der Waals surface area contributed by atoms with E-state index in [1.165, 1.54) is 47.3 Å². The molecule has 1 fully saturated rings. The number of halogens is 3. The Kier molecular flexibility index (Phi) is 14.2. The molecule has 1 aromatic heterocycles. The van der Waals surface area contributed by atoms with E-state index in [1.54, 1.807) is 25.2 Å². The predicted octanol–water partition coefficient (Wildman–Crippen LogP) is 5.50. The van der Waals surface area contributed by atoms with Crippen molar-refractivity contribution in [3.05, 3.63) is 101 Å². The zero-order chi connectivity index (χ0) is 36.8. The van der Waals surface area contributed by atoms with Crippen LogP contribution in [0, 0.1) is 28.8 Å². The predicted molar refractivity (Wildman–Crippen MR) is 174 cm³/mol. The van der Waals surface area contributed by atoms with Crippen LogP contribution in [-0.4, -0.2) is 74.8 Å². The van der Waals surface area contributed by atoms with Gasteiger partial charge in [-0.3, -0.25) is 9.59 Å². The van der Waals surface area contributed by atoms with E-state index in [0.717, 1.165) is 18.2 Å². The van der Waals surface area contributed by atoms with Crippen molar-refractivity contribution in [1.82, 2.24) is 14.8 Å². The lowest BCUT2D eigenvalue weighted by Crippen LogP contribution is -2.47. The highest BCUT2D eigenvalue weighted by Gasteiger charge is 2.47. The Morgan fingerprint density at radius 1 is 1.12 bits per heavy atom. The summed E-state index contributed by atoms with van der Waals surface area (Å²) in [4.78, 5) is 39.5. The summed E-state index contributed by atoms with van der Waals surface area (Å²) in [5, 5.41) is 20.5. The van der Waals surface area contributed by atoms with Crippen LogP contribution in [-0.2, 0) is 45.4 Å². The van der Waals surface area contributed by atoms with E-state index in [0.29, 0.717) is 11.6 Å². The van der Waals surface area contributed by atoms with Crippen LogP contribution in [0.2, 0.25) is 0 Å². The van der Waals surface area contributed by atoms with E-state index in [4.69, 9.17) is 34.1 Å². The molecule has 1 aliphatic rings. The minimum absolute atomic E-state index is 0.0159. The van der Waals surface area contributed by atoms with Crippen LogP contribution in [0.25, 0.3) is 6.08 Å². The number of carbonyl (C=O) groups is 3. The fourth-order valence-corrected chi connectivity index (χ4v) is 6.26. The number of esters is 1. The first kappa shape index (κ1) is 38.6. The second-order valence-electron chi connectivity index (χ2n) is 11.0. The number of benzene rings is 2. The molecule has 0 amide bonds. The van der Waals surface area contributed by atoms with E-state index in [2.05, 4.69) is 10.1 Å². The first-order valence-electron chi connectivity index (χ1n) is 15.4. The minimum Gasteiger partial charge on any atom is -0.481 e. The smallest absolute Gasteiger partial charge is 0.481 e. The number of hydrogen-bond donors (Lipinski definition) is 1. The van der Waals surface area contributed by atoms with Crippen LogP contribution in [0.3, 0.4) is 0 Å². The number of ether oxygens (including phenoxy) is 5. The fraction of sp³-hybridized carbons (Fsp3) is 0.353. The summed E-state index contributed by atoms with van der Waals surface area (Å²) < 4.78 is 72.3. The van der Waals surface area contributed by atoms with Crippen molar-refractivity contribution in [2.24, 2.45) is 0 Å². The molecule has 0 saturated carbocycles. The SMILES string of the molecule is CC(SC1COC(C=CC=Cc2ccc(C#N)cc2F)OC1)C(Cn1cncn1)(OC(=O)OCOC(=O)CCCC(=O)O)c1ccc(F)cc1F. The van der Waals surface area contributed by atoms with Crippen molar-refractivity contribution in [2.75, 3.05) is 20.0 Å². The van der Waals surface area contributed by atoms with Crippen molar-refractivity contribution < 1.29 is 56.3 Å². The second-order valence-corrected chi connectivity index (χ2v) is 12.7.